The van der Waals surface area contributed by atoms with E-state index in [2.05, 4.69) is 21.0 Å². The van der Waals surface area contributed by atoms with Gasteiger partial charge in [-0.15, -0.1) is 0 Å². The van der Waals surface area contributed by atoms with Crippen LogP contribution in [0.15, 0.2) is 54.6 Å². The molecule has 0 spiro atoms. The molecule has 0 unspecified atom stereocenters. The summed E-state index contributed by atoms with van der Waals surface area (Å²) in [6.07, 6.45) is -2.78. The Hall–Kier alpha value is -4.06. The van der Waals surface area contributed by atoms with E-state index in [0.29, 0.717) is 35.8 Å². The van der Waals surface area contributed by atoms with Gasteiger partial charge in [0.15, 0.2) is 0 Å². The first-order valence-corrected chi connectivity index (χ1v) is 12.7. The Labute approximate surface area is 225 Å². The zero-order chi connectivity index (χ0) is 28.4. The van der Waals surface area contributed by atoms with Crippen LogP contribution in [0.1, 0.15) is 24.0 Å². The van der Waals surface area contributed by atoms with Crippen LogP contribution in [0.5, 0.6) is 0 Å². The molecular weight excluding hydrogens is 536 g/mol. The highest BCUT2D eigenvalue weighted by atomic mass is 19.4. The van der Waals surface area contributed by atoms with E-state index in [1.165, 1.54) is 12.1 Å². The van der Waals surface area contributed by atoms with Crippen molar-refractivity contribution in [2.75, 3.05) is 25.0 Å². The molecule has 2 heterocycles. The third-order valence-electron chi connectivity index (χ3n) is 6.92. The second-order valence-corrected chi connectivity index (χ2v) is 9.66. The average molecular weight is 562 g/mol. The first kappa shape index (κ1) is 27.5. The van der Waals surface area contributed by atoms with Crippen LogP contribution < -0.4 is 16.0 Å². The van der Waals surface area contributed by atoms with Gasteiger partial charge < -0.3 is 16.0 Å². The van der Waals surface area contributed by atoms with E-state index in [4.69, 9.17) is 0 Å². The molecule has 6 nitrogen and oxygen atoms in total. The van der Waals surface area contributed by atoms with Crippen molar-refractivity contribution >= 4 is 22.6 Å². The number of rotatable bonds is 6. The zero-order valence-electron chi connectivity index (χ0n) is 21.1. The number of halogens is 6. The molecule has 4 aromatic rings. The molecule has 0 saturated carbocycles. The third-order valence-corrected chi connectivity index (χ3v) is 6.92. The number of urea groups is 1. The second kappa shape index (κ2) is 11.2. The number of hydrogen-bond donors (Lipinski definition) is 3. The van der Waals surface area contributed by atoms with Gasteiger partial charge in [0.2, 0.25) is 0 Å². The molecule has 40 heavy (non-hydrogen) atoms. The van der Waals surface area contributed by atoms with E-state index >= 15 is 0 Å². The highest BCUT2D eigenvalue weighted by Gasteiger charge is 2.34. The quantitative estimate of drug-likeness (QED) is 0.242. The maximum Gasteiger partial charge on any atom is 0.418 e. The van der Waals surface area contributed by atoms with E-state index < -0.39 is 46.8 Å². The lowest BCUT2D eigenvalue weighted by molar-refractivity contribution is -0.136. The Morgan fingerprint density at radius 2 is 1.68 bits per heavy atom. The van der Waals surface area contributed by atoms with Gasteiger partial charge in [-0.25, -0.2) is 18.0 Å². The summed E-state index contributed by atoms with van der Waals surface area (Å²) in [6.45, 7) is 1.77. The number of nitrogens with zero attached hydrogens (tertiary/aromatic N) is 2. The minimum Gasteiger partial charge on any atom is -0.338 e. The lowest BCUT2D eigenvalue weighted by Crippen LogP contribution is -2.37. The summed E-state index contributed by atoms with van der Waals surface area (Å²) in [5.41, 5.74) is -0.945. The van der Waals surface area contributed by atoms with Crippen molar-refractivity contribution in [3.63, 3.8) is 0 Å². The number of fused-ring (bicyclic) bond motifs is 1. The summed E-state index contributed by atoms with van der Waals surface area (Å²) in [4.78, 5) is 12.4. The lowest BCUT2D eigenvalue weighted by Gasteiger charge is -2.22. The molecule has 1 aliphatic rings. The number of carbonyl (C=O) groups excluding carboxylic acids is 1. The molecule has 1 fully saturated rings. The summed E-state index contributed by atoms with van der Waals surface area (Å²) in [6, 6.07) is 10.4. The standard InChI is InChI=1S/C28H25F6N5O/c29-18-12-23(30)21(24(31)13-18)15-39-26(20-2-1-3-22(25(20)38-39)28(32,33)34)17-4-6-19(7-5-17)37-27(40)36-14-16-8-10-35-11-9-16/h1-7,12-13,16,35H,8-11,14-15H2,(H2,36,37,40). The van der Waals surface area contributed by atoms with E-state index in [9.17, 15) is 31.1 Å². The van der Waals surface area contributed by atoms with E-state index in [1.807, 2.05) is 0 Å². The fraction of sp³-hybridized carbons (Fsp3) is 0.286. The highest BCUT2D eigenvalue weighted by molar-refractivity contribution is 5.96. The Morgan fingerprint density at radius 3 is 2.33 bits per heavy atom. The van der Waals surface area contributed by atoms with Crippen molar-refractivity contribution in [2.45, 2.75) is 25.6 Å². The Morgan fingerprint density at radius 1 is 1.00 bits per heavy atom. The molecule has 12 heteroatoms. The number of piperidine rings is 1. The summed E-state index contributed by atoms with van der Waals surface area (Å²) in [7, 11) is 0. The minimum absolute atomic E-state index is 0.109. The fourth-order valence-corrected chi connectivity index (χ4v) is 4.88. The number of alkyl halides is 3. The van der Waals surface area contributed by atoms with E-state index in [-0.39, 0.29) is 17.1 Å². The molecule has 3 aromatic carbocycles. The molecule has 1 saturated heterocycles. The van der Waals surface area contributed by atoms with Crippen molar-refractivity contribution in [1.29, 1.82) is 0 Å². The number of amides is 2. The van der Waals surface area contributed by atoms with Crippen molar-refractivity contribution in [3.8, 4) is 11.3 Å². The topological polar surface area (TPSA) is 71.0 Å². The van der Waals surface area contributed by atoms with Gasteiger partial charge in [-0.1, -0.05) is 24.3 Å². The molecule has 0 atom stereocenters. The van der Waals surface area contributed by atoms with Gasteiger partial charge in [0.05, 0.1) is 17.8 Å². The smallest absolute Gasteiger partial charge is 0.338 e. The van der Waals surface area contributed by atoms with Crippen LogP contribution in [0, 0.1) is 23.4 Å². The van der Waals surface area contributed by atoms with Crippen LogP contribution >= 0.6 is 0 Å². The Kier molecular flexibility index (Phi) is 7.70. The van der Waals surface area contributed by atoms with Crippen LogP contribution in [-0.4, -0.2) is 35.4 Å². The Bertz CT molecular complexity index is 1500. The van der Waals surface area contributed by atoms with Crippen molar-refractivity contribution in [1.82, 2.24) is 20.4 Å². The van der Waals surface area contributed by atoms with Crippen LogP contribution in [0.4, 0.5) is 36.8 Å². The van der Waals surface area contributed by atoms with Crippen molar-refractivity contribution in [2.24, 2.45) is 5.92 Å². The Balaban J connectivity index is 1.46. The molecule has 1 aromatic heterocycles. The highest BCUT2D eigenvalue weighted by Crippen LogP contribution is 2.38. The summed E-state index contributed by atoms with van der Waals surface area (Å²) in [5, 5.41) is 13.0. The maximum absolute atomic E-state index is 14.5. The minimum atomic E-state index is -4.72. The van der Waals surface area contributed by atoms with Crippen LogP contribution in [-0.2, 0) is 12.7 Å². The van der Waals surface area contributed by atoms with Crippen LogP contribution in [0.2, 0.25) is 0 Å². The molecule has 1 aliphatic heterocycles. The van der Waals surface area contributed by atoms with Gasteiger partial charge in [0, 0.05) is 40.9 Å². The SMILES string of the molecule is O=C(NCC1CCNCC1)Nc1ccc(-c2c3cccc(C(F)(F)F)c3nn2Cc2c(F)cc(F)cc2F)cc1. The van der Waals surface area contributed by atoms with Crippen LogP contribution in [0.3, 0.4) is 0 Å². The van der Waals surface area contributed by atoms with Gasteiger partial charge in [0.25, 0.3) is 0 Å². The molecular formula is C28H25F6N5O. The van der Waals surface area contributed by atoms with Gasteiger partial charge in [0.1, 0.15) is 23.0 Å². The van der Waals surface area contributed by atoms with Gasteiger partial charge >= 0.3 is 12.2 Å². The van der Waals surface area contributed by atoms with Crippen LogP contribution in [0.25, 0.3) is 22.2 Å². The lowest BCUT2D eigenvalue weighted by atomic mass is 9.98. The number of hydrogen-bond acceptors (Lipinski definition) is 3. The predicted octanol–water partition coefficient (Wildman–Crippen LogP) is 6.31. The summed E-state index contributed by atoms with van der Waals surface area (Å²) < 4.78 is 84.7. The molecule has 2 amide bonds. The maximum atomic E-state index is 14.5. The molecule has 0 radical (unpaired) electrons. The molecule has 210 valence electrons. The molecule has 0 aliphatic carbocycles. The van der Waals surface area contributed by atoms with Gasteiger partial charge in [-0.2, -0.15) is 18.3 Å². The monoisotopic (exact) mass is 561 g/mol. The van der Waals surface area contributed by atoms with Crippen molar-refractivity contribution < 1.29 is 31.1 Å². The first-order valence-electron chi connectivity index (χ1n) is 12.7. The number of benzene rings is 3. The number of nitrogens with one attached hydrogen (secondary N) is 3. The average Bonchev–Trinajstić information content (AvgIpc) is 3.28. The van der Waals surface area contributed by atoms with Gasteiger partial charge in [-0.05, 0) is 50.0 Å². The molecule has 0 bridgehead atoms. The van der Waals surface area contributed by atoms with Gasteiger partial charge in [-0.3, -0.25) is 4.68 Å². The van der Waals surface area contributed by atoms with Crippen molar-refractivity contribution in [3.05, 3.63) is 83.2 Å². The first-order chi connectivity index (χ1) is 19.1. The predicted molar refractivity (Wildman–Crippen MR) is 138 cm³/mol. The molecule has 5 rings (SSSR count). The summed E-state index contributed by atoms with van der Waals surface area (Å²) >= 11 is 0. The number of carbonyl (C=O) groups is 1. The van der Waals surface area contributed by atoms with E-state index in [0.717, 1.165) is 36.7 Å². The largest absolute Gasteiger partial charge is 0.418 e. The third kappa shape index (κ3) is 5.91. The second-order valence-electron chi connectivity index (χ2n) is 9.66. The normalized spacial score (nSPS) is 14.4. The van der Waals surface area contributed by atoms with E-state index in [1.54, 1.807) is 24.3 Å². The fourth-order valence-electron chi connectivity index (χ4n) is 4.88. The number of aromatic nitrogens is 2. The number of anilines is 1. The summed E-state index contributed by atoms with van der Waals surface area (Å²) in [5.74, 6) is -3.10. The molecule has 3 N–H and O–H groups in total. The zero-order valence-corrected chi connectivity index (χ0v) is 21.1.